The fourth-order valence-electron chi connectivity index (χ4n) is 3.28. The lowest BCUT2D eigenvalue weighted by Crippen LogP contribution is -2.32. The minimum absolute atomic E-state index is 0.0793. The standard InChI is InChI=1S/C20H16F3N5O4S/c1-9-12(15-16(33-9)27-19(31)28(2)17(15)30)7-14(29)26-18-24-8-13(25-18)10-4-3-5-11(6-10)32-20(21,22)23/h3-6,8H,7H2,1-2H3,(H,27,31)(H2,24,25,26,29). The summed E-state index contributed by atoms with van der Waals surface area (Å²) in [5.41, 5.74) is 0.186. The maximum atomic E-state index is 12.6. The number of benzene rings is 1. The predicted octanol–water partition coefficient (Wildman–Crippen LogP) is 3.07. The minimum Gasteiger partial charge on any atom is -0.406 e. The Morgan fingerprint density at radius 3 is 2.76 bits per heavy atom. The third-order valence-corrected chi connectivity index (χ3v) is 5.87. The lowest BCUT2D eigenvalue weighted by atomic mass is 10.1. The Bertz CT molecular complexity index is 1480. The molecule has 13 heteroatoms. The van der Waals surface area contributed by atoms with Gasteiger partial charge in [-0.1, -0.05) is 12.1 Å². The number of fused-ring (bicyclic) bond motifs is 1. The zero-order chi connectivity index (χ0) is 23.9. The summed E-state index contributed by atoms with van der Waals surface area (Å²) in [4.78, 5) is 47.5. The van der Waals surface area contributed by atoms with E-state index in [1.807, 2.05) is 0 Å². The highest BCUT2D eigenvalue weighted by molar-refractivity contribution is 7.18. The van der Waals surface area contributed by atoms with Gasteiger partial charge >= 0.3 is 12.1 Å². The van der Waals surface area contributed by atoms with Gasteiger partial charge in [-0.2, -0.15) is 0 Å². The summed E-state index contributed by atoms with van der Waals surface area (Å²) < 4.78 is 42.2. The van der Waals surface area contributed by atoms with Crippen LogP contribution in [0.3, 0.4) is 0 Å². The first kappa shape index (κ1) is 22.3. The van der Waals surface area contributed by atoms with Crippen LogP contribution in [-0.4, -0.2) is 31.8 Å². The van der Waals surface area contributed by atoms with E-state index in [0.29, 0.717) is 26.5 Å². The first-order chi connectivity index (χ1) is 15.5. The molecule has 3 N–H and O–H groups in total. The van der Waals surface area contributed by atoms with Gasteiger partial charge in [0.1, 0.15) is 10.6 Å². The molecule has 0 bridgehead atoms. The Labute approximate surface area is 186 Å². The molecule has 4 aromatic rings. The number of thiophene rings is 1. The molecule has 172 valence electrons. The van der Waals surface area contributed by atoms with Gasteiger partial charge in [0.2, 0.25) is 11.9 Å². The summed E-state index contributed by atoms with van der Waals surface area (Å²) >= 11 is 1.21. The van der Waals surface area contributed by atoms with E-state index in [0.717, 1.165) is 4.57 Å². The van der Waals surface area contributed by atoms with Crippen molar-refractivity contribution in [3.05, 3.63) is 61.7 Å². The highest BCUT2D eigenvalue weighted by Gasteiger charge is 2.31. The van der Waals surface area contributed by atoms with Gasteiger partial charge in [-0.05, 0) is 24.6 Å². The van der Waals surface area contributed by atoms with E-state index in [1.165, 1.54) is 42.8 Å². The Balaban J connectivity index is 1.53. The van der Waals surface area contributed by atoms with Crippen LogP contribution in [0, 0.1) is 6.92 Å². The molecule has 0 aliphatic heterocycles. The van der Waals surface area contributed by atoms with Crippen LogP contribution in [0.5, 0.6) is 5.75 Å². The fraction of sp³-hybridized carbons (Fsp3) is 0.200. The number of nitrogens with one attached hydrogen (secondary N) is 3. The number of H-pyrrole nitrogens is 2. The van der Waals surface area contributed by atoms with Crippen molar-refractivity contribution in [3.8, 4) is 17.0 Å². The molecule has 3 heterocycles. The summed E-state index contributed by atoms with van der Waals surface area (Å²) in [5.74, 6) is -0.781. The van der Waals surface area contributed by atoms with Crippen LogP contribution >= 0.6 is 11.3 Å². The molecule has 1 amide bonds. The first-order valence-corrected chi connectivity index (χ1v) is 10.3. The average Bonchev–Trinajstić information content (AvgIpc) is 3.30. The van der Waals surface area contributed by atoms with Crippen LogP contribution < -0.4 is 21.3 Å². The van der Waals surface area contributed by atoms with Crippen molar-refractivity contribution in [1.29, 1.82) is 0 Å². The molecule has 0 saturated carbocycles. The number of nitrogens with zero attached hydrogens (tertiary/aromatic N) is 2. The van der Waals surface area contributed by atoms with Gasteiger partial charge in [0.05, 0.1) is 23.7 Å². The van der Waals surface area contributed by atoms with Crippen LogP contribution in [0.15, 0.2) is 40.1 Å². The zero-order valence-electron chi connectivity index (χ0n) is 17.2. The first-order valence-electron chi connectivity index (χ1n) is 9.44. The van der Waals surface area contributed by atoms with Gasteiger partial charge in [-0.15, -0.1) is 24.5 Å². The third-order valence-electron chi connectivity index (χ3n) is 4.80. The molecule has 33 heavy (non-hydrogen) atoms. The highest BCUT2D eigenvalue weighted by atomic mass is 32.1. The van der Waals surface area contributed by atoms with E-state index >= 15 is 0 Å². The number of hydrogen-bond acceptors (Lipinski definition) is 6. The molecule has 9 nitrogen and oxygen atoms in total. The average molecular weight is 479 g/mol. The second-order valence-electron chi connectivity index (χ2n) is 7.08. The van der Waals surface area contributed by atoms with Gasteiger partial charge in [-0.3, -0.25) is 24.5 Å². The minimum atomic E-state index is -4.82. The van der Waals surface area contributed by atoms with Crippen molar-refractivity contribution in [3.63, 3.8) is 0 Å². The summed E-state index contributed by atoms with van der Waals surface area (Å²) in [7, 11) is 1.34. The number of ether oxygens (including phenoxy) is 1. The number of rotatable bonds is 5. The molecule has 0 fully saturated rings. The maximum absolute atomic E-state index is 12.6. The Morgan fingerprint density at radius 2 is 2.03 bits per heavy atom. The van der Waals surface area contributed by atoms with Gasteiger partial charge in [0.15, 0.2) is 0 Å². The van der Waals surface area contributed by atoms with E-state index in [-0.39, 0.29) is 23.5 Å². The van der Waals surface area contributed by atoms with E-state index < -0.39 is 23.5 Å². The van der Waals surface area contributed by atoms with Crippen LogP contribution in [0.1, 0.15) is 10.4 Å². The quantitative estimate of drug-likeness (QED) is 0.406. The smallest absolute Gasteiger partial charge is 0.406 e. The van der Waals surface area contributed by atoms with E-state index in [1.54, 1.807) is 13.0 Å². The number of aromatic amines is 2. The normalized spacial score (nSPS) is 11.7. The molecule has 0 unspecified atom stereocenters. The Kier molecular flexibility index (Phi) is 5.57. The largest absolute Gasteiger partial charge is 0.573 e. The van der Waals surface area contributed by atoms with Gasteiger partial charge < -0.3 is 9.72 Å². The number of halogens is 3. The number of carbonyl (C=O) groups excluding carboxylic acids is 1. The monoisotopic (exact) mass is 479 g/mol. The molecule has 0 aliphatic carbocycles. The number of alkyl halides is 3. The molecule has 0 spiro atoms. The molecule has 4 rings (SSSR count). The van der Waals surface area contributed by atoms with Crippen molar-refractivity contribution >= 4 is 33.4 Å². The second kappa shape index (κ2) is 8.24. The number of imidazole rings is 1. The van der Waals surface area contributed by atoms with Crippen molar-refractivity contribution in [2.45, 2.75) is 19.7 Å². The number of aryl methyl sites for hydroxylation is 1. The van der Waals surface area contributed by atoms with E-state index in [9.17, 15) is 27.6 Å². The number of aromatic nitrogens is 4. The lowest BCUT2D eigenvalue weighted by Gasteiger charge is -2.09. The van der Waals surface area contributed by atoms with Crippen LogP contribution in [0.4, 0.5) is 19.1 Å². The number of hydrogen-bond donors (Lipinski definition) is 3. The SMILES string of the molecule is Cc1sc2[nH]c(=O)n(C)c(=O)c2c1CC(=O)Nc1ncc(-c2cccc(OC(F)(F)F)c2)[nH]1. The molecule has 1 aromatic carbocycles. The van der Waals surface area contributed by atoms with Crippen molar-refractivity contribution < 1.29 is 22.7 Å². The van der Waals surface area contributed by atoms with Crippen LogP contribution in [0.2, 0.25) is 0 Å². The van der Waals surface area contributed by atoms with Crippen LogP contribution in [0.25, 0.3) is 21.5 Å². The summed E-state index contributed by atoms with van der Waals surface area (Å²) in [6.07, 6.45) is -3.60. The molecule has 0 aliphatic rings. The number of carbonyl (C=O) groups is 1. The van der Waals surface area contributed by atoms with Crippen molar-refractivity contribution in [2.24, 2.45) is 7.05 Å². The second-order valence-corrected chi connectivity index (χ2v) is 8.31. The third kappa shape index (κ3) is 4.67. The lowest BCUT2D eigenvalue weighted by molar-refractivity contribution is -0.274. The van der Waals surface area contributed by atoms with Crippen LogP contribution in [-0.2, 0) is 18.3 Å². The summed E-state index contributed by atoms with van der Waals surface area (Å²) in [6.45, 7) is 1.74. The molecule has 0 radical (unpaired) electrons. The van der Waals surface area contributed by atoms with E-state index in [4.69, 9.17) is 0 Å². The van der Waals surface area contributed by atoms with Crippen molar-refractivity contribution in [2.75, 3.05) is 5.32 Å². The van der Waals surface area contributed by atoms with E-state index in [2.05, 4.69) is 25.0 Å². The highest BCUT2D eigenvalue weighted by Crippen LogP contribution is 2.28. The van der Waals surface area contributed by atoms with Gasteiger partial charge in [0.25, 0.3) is 5.56 Å². The molecule has 3 aromatic heterocycles. The summed E-state index contributed by atoms with van der Waals surface area (Å²) in [5, 5.41) is 2.84. The Hall–Kier alpha value is -3.87. The topological polar surface area (TPSA) is 122 Å². The van der Waals surface area contributed by atoms with Gasteiger partial charge in [-0.25, -0.2) is 9.78 Å². The zero-order valence-corrected chi connectivity index (χ0v) is 18.0. The maximum Gasteiger partial charge on any atom is 0.573 e. The summed E-state index contributed by atoms with van der Waals surface area (Å²) in [6, 6.07) is 5.30. The predicted molar refractivity (Wildman–Crippen MR) is 115 cm³/mol. The molecular weight excluding hydrogens is 463 g/mol. The van der Waals surface area contributed by atoms with Crippen molar-refractivity contribution in [1.82, 2.24) is 19.5 Å². The fourth-order valence-corrected chi connectivity index (χ4v) is 4.33. The molecular formula is C20H16F3N5O4S. The number of anilines is 1. The molecule has 0 saturated heterocycles. The van der Waals surface area contributed by atoms with Gasteiger partial charge in [0, 0.05) is 17.5 Å². The molecule has 0 atom stereocenters. The number of amides is 1. The Morgan fingerprint density at radius 1 is 1.27 bits per heavy atom.